The number of nitrogens with two attached hydrogens (primary N) is 1. The van der Waals surface area contributed by atoms with Crippen LogP contribution in [0.15, 0.2) is 11.1 Å². The van der Waals surface area contributed by atoms with Gasteiger partial charge in [-0.2, -0.15) is 0 Å². The second kappa shape index (κ2) is 4.25. The third-order valence-electron chi connectivity index (χ3n) is 3.51. The number of rotatable bonds is 1. The lowest BCUT2D eigenvalue weighted by Crippen LogP contribution is -2.46. The number of ether oxygens (including phenoxy) is 2. The summed E-state index contributed by atoms with van der Waals surface area (Å²) in [5, 5.41) is 0. The molecule has 0 aliphatic carbocycles. The van der Waals surface area contributed by atoms with E-state index in [1.54, 1.807) is 0 Å². The predicted molar refractivity (Wildman–Crippen MR) is 65.4 cm³/mol. The minimum atomic E-state index is -0.424. The Morgan fingerprint density at radius 1 is 1.33 bits per heavy atom. The molecule has 1 aromatic rings. The van der Waals surface area contributed by atoms with E-state index in [9.17, 15) is 4.79 Å². The van der Waals surface area contributed by atoms with Crippen molar-refractivity contribution in [2.45, 2.75) is 18.6 Å². The number of piperidine rings is 1. The van der Waals surface area contributed by atoms with Gasteiger partial charge in [-0.3, -0.25) is 4.79 Å². The highest BCUT2D eigenvalue weighted by Gasteiger charge is 2.40. The Kier molecular flexibility index (Phi) is 2.71. The number of H-pyrrole nitrogens is 1. The van der Waals surface area contributed by atoms with Crippen LogP contribution in [-0.4, -0.2) is 42.1 Å². The summed E-state index contributed by atoms with van der Waals surface area (Å²) in [7, 11) is 0. The van der Waals surface area contributed by atoms with Gasteiger partial charge in [0.1, 0.15) is 5.69 Å². The van der Waals surface area contributed by atoms with Gasteiger partial charge in [0.15, 0.2) is 11.6 Å². The largest absolute Gasteiger partial charge is 0.391 e. The maximum absolute atomic E-state index is 11.4. The van der Waals surface area contributed by atoms with Crippen LogP contribution in [0, 0.1) is 0 Å². The molecule has 98 valence electrons. The molecule has 0 unspecified atom stereocenters. The summed E-state index contributed by atoms with van der Waals surface area (Å²) in [5.74, 6) is 0.124. The molecule has 0 radical (unpaired) electrons. The molecule has 2 aliphatic heterocycles. The summed E-state index contributed by atoms with van der Waals surface area (Å²) in [5.41, 5.74) is 5.62. The molecule has 0 bridgehead atoms. The molecule has 3 N–H and O–H groups in total. The van der Waals surface area contributed by atoms with Gasteiger partial charge in [-0.05, 0) is 0 Å². The first-order valence-corrected chi connectivity index (χ1v) is 6.06. The molecule has 0 saturated carbocycles. The van der Waals surface area contributed by atoms with Crippen molar-refractivity contribution in [3.63, 3.8) is 0 Å². The number of nitrogens with zero attached hydrogens (tertiary/aromatic N) is 2. The molecule has 7 heteroatoms. The van der Waals surface area contributed by atoms with Crippen molar-refractivity contribution in [2.24, 2.45) is 0 Å². The van der Waals surface area contributed by atoms with Crippen molar-refractivity contribution >= 4 is 11.5 Å². The average Bonchev–Trinajstić information content (AvgIpc) is 2.83. The summed E-state index contributed by atoms with van der Waals surface area (Å²) < 4.78 is 11.3. The predicted octanol–water partition coefficient (Wildman–Crippen LogP) is -0.305. The van der Waals surface area contributed by atoms with E-state index in [4.69, 9.17) is 15.2 Å². The van der Waals surface area contributed by atoms with Crippen LogP contribution in [-0.2, 0) is 9.47 Å². The lowest BCUT2D eigenvalue weighted by molar-refractivity contribution is -0.169. The van der Waals surface area contributed by atoms with Crippen molar-refractivity contribution in [1.29, 1.82) is 0 Å². The first-order chi connectivity index (χ1) is 8.70. The van der Waals surface area contributed by atoms with Gasteiger partial charge in [0.05, 0.1) is 19.5 Å². The van der Waals surface area contributed by atoms with Crippen LogP contribution in [0.1, 0.15) is 12.8 Å². The van der Waals surface area contributed by atoms with Crippen LogP contribution in [0.2, 0.25) is 0 Å². The van der Waals surface area contributed by atoms with Crippen LogP contribution in [0.5, 0.6) is 0 Å². The Morgan fingerprint density at radius 2 is 2.00 bits per heavy atom. The van der Waals surface area contributed by atoms with E-state index in [0.29, 0.717) is 19.0 Å². The van der Waals surface area contributed by atoms with Crippen molar-refractivity contribution < 1.29 is 9.47 Å². The standard InChI is InChI=1S/C11H16N4O3/c12-8-9(13-7-14-10(8)16)15-3-1-11(2-4-15)17-5-6-18-11/h7H,1-6,12H2,(H,13,14,16). The third-order valence-corrected chi connectivity index (χ3v) is 3.51. The van der Waals surface area contributed by atoms with E-state index in [0.717, 1.165) is 25.9 Å². The van der Waals surface area contributed by atoms with Gasteiger partial charge in [0.25, 0.3) is 5.56 Å². The van der Waals surface area contributed by atoms with E-state index in [1.165, 1.54) is 6.33 Å². The number of hydrogen-bond donors (Lipinski definition) is 2. The fourth-order valence-corrected chi connectivity index (χ4v) is 2.50. The normalized spacial score (nSPS) is 22.6. The lowest BCUT2D eigenvalue weighted by atomic mass is 10.0. The number of aromatic amines is 1. The van der Waals surface area contributed by atoms with Crippen LogP contribution in [0.25, 0.3) is 0 Å². The van der Waals surface area contributed by atoms with Gasteiger partial charge < -0.3 is 25.1 Å². The number of nitrogen functional groups attached to an aromatic ring is 1. The summed E-state index contributed by atoms with van der Waals surface area (Å²) in [6, 6.07) is 0. The number of hydrogen-bond acceptors (Lipinski definition) is 6. The molecule has 7 nitrogen and oxygen atoms in total. The first-order valence-electron chi connectivity index (χ1n) is 6.06. The third kappa shape index (κ3) is 1.85. The molecule has 2 fully saturated rings. The van der Waals surface area contributed by atoms with E-state index in [-0.39, 0.29) is 11.2 Å². The van der Waals surface area contributed by atoms with Crippen molar-refractivity contribution in [3.8, 4) is 0 Å². The van der Waals surface area contributed by atoms with E-state index < -0.39 is 5.79 Å². The summed E-state index contributed by atoms with van der Waals surface area (Å²) in [6.07, 6.45) is 2.91. The molecule has 3 rings (SSSR count). The average molecular weight is 252 g/mol. The molecule has 2 saturated heterocycles. The Bertz CT molecular complexity index is 485. The van der Waals surface area contributed by atoms with Gasteiger partial charge in [0.2, 0.25) is 0 Å². The van der Waals surface area contributed by atoms with E-state index in [2.05, 4.69) is 9.97 Å². The van der Waals surface area contributed by atoms with Crippen molar-refractivity contribution in [1.82, 2.24) is 9.97 Å². The van der Waals surface area contributed by atoms with E-state index in [1.807, 2.05) is 4.90 Å². The molecule has 1 aromatic heterocycles. The highest BCUT2D eigenvalue weighted by Crippen LogP contribution is 2.33. The topological polar surface area (TPSA) is 93.5 Å². The maximum Gasteiger partial charge on any atom is 0.276 e. The first kappa shape index (κ1) is 11.5. The quantitative estimate of drug-likeness (QED) is 0.712. The monoisotopic (exact) mass is 252 g/mol. The molecule has 0 aromatic carbocycles. The highest BCUT2D eigenvalue weighted by molar-refractivity contribution is 5.61. The Balaban J connectivity index is 1.76. The zero-order valence-corrected chi connectivity index (χ0v) is 10.0. The molecule has 18 heavy (non-hydrogen) atoms. The minimum absolute atomic E-state index is 0.168. The highest BCUT2D eigenvalue weighted by atomic mass is 16.7. The SMILES string of the molecule is Nc1c(N2CCC3(CC2)OCCO3)nc[nH]c1=O. The second-order valence-electron chi connectivity index (χ2n) is 4.56. The van der Waals surface area contributed by atoms with Crippen LogP contribution in [0.4, 0.5) is 11.5 Å². The summed E-state index contributed by atoms with van der Waals surface area (Å²) in [4.78, 5) is 20.0. The Labute approximate surface area is 104 Å². The number of nitrogens with one attached hydrogen (secondary N) is 1. The van der Waals surface area contributed by atoms with Gasteiger partial charge in [0, 0.05) is 25.9 Å². The van der Waals surface area contributed by atoms with Gasteiger partial charge >= 0.3 is 0 Å². The zero-order chi connectivity index (χ0) is 12.6. The Hall–Kier alpha value is -1.60. The van der Waals surface area contributed by atoms with Gasteiger partial charge in [-0.15, -0.1) is 0 Å². The molecular formula is C11H16N4O3. The smallest absolute Gasteiger partial charge is 0.276 e. The van der Waals surface area contributed by atoms with Crippen LogP contribution in [0.3, 0.4) is 0 Å². The summed E-state index contributed by atoms with van der Waals surface area (Å²) >= 11 is 0. The fourth-order valence-electron chi connectivity index (χ4n) is 2.50. The maximum atomic E-state index is 11.4. The van der Waals surface area contributed by atoms with Gasteiger partial charge in [-0.25, -0.2) is 4.98 Å². The molecule has 0 atom stereocenters. The zero-order valence-electron chi connectivity index (χ0n) is 10.0. The van der Waals surface area contributed by atoms with Crippen molar-refractivity contribution in [2.75, 3.05) is 36.9 Å². The molecular weight excluding hydrogens is 236 g/mol. The Morgan fingerprint density at radius 3 is 2.67 bits per heavy atom. The fraction of sp³-hybridized carbons (Fsp3) is 0.636. The second-order valence-corrected chi connectivity index (χ2v) is 4.56. The van der Waals surface area contributed by atoms with Crippen molar-refractivity contribution in [3.05, 3.63) is 16.7 Å². The van der Waals surface area contributed by atoms with Crippen LogP contribution < -0.4 is 16.2 Å². The number of anilines is 2. The molecule has 2 aliphatic rings. The lowest BCUT2D eigenvalue weighted by Gasteiger charge is -2.38. The van der Waals surface area contributed by atoms with E-state index >= 15 is 0 Å². The summed E-state index contributed by atoms with van der Waals surface area (Å²) in [6.45, 7) is 2.76. The minimum Gasteiger partial charge on any atom is -0.391 e. The molecule has 1 spiro atoms. The molecule has 0 amide bonds. The van der Waals surface area contributed by atoms with Crippen LogP contribution >= 0.6 is 0 Å². The number of aromatic nitrogens is 2. The van der Waals surface area contributed by atoms with Gasteiger partial charge in [-0.1, -0.05) is 0 Å². The molecule has 3 heterocycles.